The van der Waals surface area contributed by atoms with E-state index < -0.39 is 17.2 Å². The Morgan fingerprint density at radius 2 is 1.57 bits per heavy atom. The van der Waals surface area contributed by atoms with Gasteiger partial charge in [0, 0.05) is 11.8 Å². The maximum Gasteiger partial charge on any atom is 0.339 e. The van der Waals surface area contributed by atoms with Gasteiger partial charge in [-0.05, 0) is 26.7 Å². The lowest BCUT2D eigenvalue weighted by molar-refractivity contribution is -0.125. The Balaban J connectivity index is 1.70. The number of nitrogens with one attached hydrogen (secondary N) is 1. The summed E-state index contributed by atoms with van der Waals surface area (Å²) in [5, 5.41) is 15.8. The van der Waals surface area contributed by atoms with Crippen LogP contribution in [0.15, 0.2) is 31.5 Å². The molecular weight excluding hydrogens is 550 g/mol. The predicted octanol–water partition coefficient (Wildman–Crippen LogP) is 8.60. The van der Waals surface area contributed by atoms with Crippen LogP contribution in [0.25, 0.3) is 0 Å². The van der Waals surface area contributed by atoms with Gasteiger partial charge in [-0.15, -0.1) is 11.8 Å². The third-order valence-corrected chi connectivity index (χ3v) is 9.16. The predicted molar refractivity (Wildman–Crippen MR) is 174 cm³/mol. The molecule has 0 fully saturated rings. The van der Waals surface area contributed by atoms with Crippen LogP contribution in [0.5, 0.6) is 5.75 Å². The van der Waals surface area contributed by atoms with Crippen molar-refractivity contribution in [1.29, 1.82) is 0 Å². The molecule has 0 unspecified atom stereocenters. The van der Waals surface area contributed by atoms with Gasteiger partial charge in [0.2, 0.25) is 5.91 Å². The molecule has 8 nitrogen and oxygen atoms in total. The van der Waals surface area contributed by atoms with Crippen LogP contribution in [0.1, 0.15) is 149 Å². The van der Waals surface area contributed by atoms with Crippen molar-refractivity contribution in [1.82, 2.24) is 5.32 Å². The molecule has 0 aliphatic carbocycles. The molecule has 2 atom stereocenters. The van der Waals surface area contributed by atoms with Crippen molar-refractivity contribution >= 4 is 28.4 Å². The van der Waals surface area contributed by atoms with Crippen molar-refractivity contribution in [3.63, 3.8) is 0 Å². The number of rotatable bonds is 23. The minimum atomic E-state index is -1.00. The normalized spacial score (nSPS) is 17.7. The number of thioether (sulfide) groups is 1. The molecule has 2 heterocycles. The summed E-state index contributed by atoms with van der Waals surface area (Å²) >= 11 is 1.38. The zero-order valence-electron chi connectivity index (χ0n) is 26.5. The Kier molecular flexibility index (Phi) is 17.6. The molecule has 1 aliphatic heterocycles. The van der Waals surface area contributed by atoms with E-state index >= 15 is 0 Å². The van der Waals surface area contributed by atoms with Crippen LogP contribution in [-0.4, -0.2) is 39.8 Å². The van der Waals surface area contributed by atoms with Crippen molar-refractivity contribution in [3.05, 3.63) is 28.3 Å². The van der Waals surface area contributed by atoms with Gasteiger partial charge < -0.3 is 19.7 Å². The van der Waals surface area contributed by atoms with E-state index in [0.717, 1.165) is 19.3 Å². The number of carbonyl (C=O) groups excluding carboxylic acids is 1. The van der Waals surface area contributed by atoms with Crippen molar-refractivity contribution in [2.24, 2.45) is 10.1 Å². The van der Waals surface area contributed by atoms with E-state index in [4.69, 9.17) is 14.4 Å². The first kappa shape index (κ1) is 35.9. The van der Waals surface area contributed by atoms with Gasteiger partial charge in [0.25, 0.3) is 0 Å². The average Bonchev–Trinajstić information content (AvgIpc) is 3.39. The third kappa shape index (κ3) is 13.3. The van der Waals surface area contributed by atoms with Crippen LogP contribution in [0.3, 0.4) is 0 Å². The molecule has 0 saturated heterocycles. The van der Waals surface area contributed by atoms with E-state index in [9.17, 15) is 9.59 Å². The molecule has 2 rings (SSSR count). The number of aliphatic imine (C=N–C) groups is 1. The van der Waals surface area contributed by atoms with Gasteiger partial charge in [-0.25, -0.2) is 4.79 Å². The first-order valence-electron chi connectivity index (χ1n) is 16.3. The minimum absolute atomic E-state index is 0.263. The Hall–Kier alpha value is -2.29. The molecule has 2 N–H and O–H groups in total. The van der Waals surface area contributed by atoms with Gasteiger partial charge >= 0.3 is 5.63 Å². The Bertz CT molecular complexity index is 1040. The fraction of sp³-hybridized carbons (Fsp3) is 0.758. The lowest BCUT2D eigenvalue weighted by Crippen LogP contribution is -2.45. The van der Waals surface area contributed by atoms with E-state index in [1.807, 2.05) is 6.92 Å². The highest BCUT2D eigenvalue weighted by Gasteiger charge is 2.40. The third-order valence-electron chi connectivity index (χ3n) is 7.79. The van der Waals surface area contributed by atoms with Crippen LogP contribution in [-0.2, 0) is 4.79 Å². The van der Waals surface area contributed by atoms with Crippen LogP contribution in [0.4, 0.5) is 0 Å². The smallest absolute Gasteiger partial charge is 0.339 e. The summed E-state index contributed by atoms with van der Waals surface area (Å²) in [7, 11) is 0. The lowest BCUT2D eigenvalue weighted by atomic mass is 10.0. The molecule has 1 amide bonds. The van der Waals surface area contributed by atoms with Crippen LogP contribution < -0.4 is 15.7 Å². The summed E-state index contributed by atoms with van der Waals surface area (Å²) in [6.45, 7) is 8.23. The fourth-order valence-electron chi connectivity index (χ4n) is 5.12. The molecule has 1 aromatic rings. The monoisotopic (exact) mass is 605 g/mol. The first-order chi connectivity index (χ1) is 20.3. The standard InChI is InChI=1S/C33H55N3O5S/c1-5-7-8-9-10-11-12-13-14-15-16-17-18-19-20-22-40-27-23-29(41-30(37)24-27)28(21-6-2)34-32(38)33(4)25-42-31(35-33)26(3)36-39/h23-24,28,39H,5-22,25H2,1-4H3,(H,34,38)/b36-26+/t28-,33+/m1/s1. The lowest BCUT2D eigenvalue weighted by Gasteiger charge is -2.24. The van der Waals surface area contributed by atoms with Gasteiger partial charge in [-0.1, -0.05) is 115 Å². The molecule has 0 saturated carbocycles. The molecule has 1 aliphatic rings. The van der Waals surface area contributed by atoms with Crippen molar-refractivity contribution in [2.75, 3.05) is 12.4 Å². The molecule has 0 radical (unpaired) electrons. The summed E-state index contributed by atoms with van der Waals surface area (Å²) in [5.74, 6) is 1.03. The Labute approximate surface area is 257 Å². The molecule has 42 heavy (non-hydrogen) atoms. The van der Waals surface area contributed by atoms with E-state index in [0.29, 0.717) is 41.0 Å². The number of oxime groups is 1. The number of hydrogen-bond acceptors (Lipinski definition) is 8. The number of hydrogen-bond donors (Lipinski definition) is 2. The highest BCUT2D eigenvalue weighted by Crippen LogP contribution is 2.30. The number of amides is 1. The second-order valence-corrected chi connectivity index (χ2v) is 12.8. The average molecular weight is 606 g/mol. The molecular formula is C33H55N3O5S. The van der Waals surface area contributed by atoms with Gasteiger partial charge in [0.1, 0.15) is 27.8 Å². The van der Waals surface area contributed by atoms with Crippen LogP contribution >= 0.6 is 11.8 Å². The summed E-state index contributed by atoms with van der Waals surface area (Å²) in [6, 6.07) is 2.61. The van der Waals surface area contributed by atoms with E-state index in [1.165, 1.54) is 101 Å². The minimum Gasteiger partial charge on any atom is -0.493 e. The zero-order valence-corrected chi connectivity index (χ0v) is 27.4. The molecule has 238 valence electrons. The maximum atomic E-state index is 13.2. The van der Waals surface area contributed by atoms with Gasteiger partial charge in [0.05, 0.1) is 18.7 Å². The molecule has 1 aromatic heterocycles. The van der Waals surface area contributed by atoms with E-state index in [2.05, 4.69) is 22.4 Å². The van der Waals surface area contributed by atoms with Crippen LogP contribution in [0.2, 0.25) is 0 Å². The quantitative estimate of drug-likeness (QED) is 0.0559. The molecule has 0 spiro atoms. The van der Waals surface area contributed by atoms with E-state index in [-0.39, 0.29) is 5.91 Å². The van der Waals surface area contributed by atoms with Crippen LogP contribution in [0, 0.1) is 0 Å². The van der Waals surface area contributed by atoms with Crippen molar-refractivity contribution in [2.45, 2.75) is 148 Å². The summed E-state index contributed by atoms with van der Waals surface area (Å²) in [4.78, 5) is 30.0. The van der Waals surface area contributed by atoms with Crippen molar-refractivity contribution in [3.8, 4) is 5.75 Å². The largest absolute Gasteiger partial charge is 0.493 e. The van der Waals surface area contributed by atoms with E-state index in [1.54, 1.807) is 19.9 Å². The second-order valence-electron chi connectivity index (χ2n) is 11.8. The maximum absolute atomic E-state index is 13.2. The second kappa shape index (κ2) is 20.6. The zero-order chi connectivity index (χ0) is 30.6. The summed E-state index contributed by atoms with van der Waals surface area (Å²) in [5.41, 5.74) is -1.11. The summed E-state index contributed by atoms with van der Waals surface area (Å²) < 4.78 is 11.4. The summed E-state index contributed by atoms with van der Waals surface area (Å²) in [6.07, 6.45) is 21.0. The first-order valence-corrected chi connectivity index (χ1v) is 17.3. The van der Waals surface area contributed by atoms with Crippen molar-refractivity contribution < 1.29 is 19.2 Å². The number of unbranched alkanes of at least 4 members (excludes halogenated alkanes) is 14. The van der Waals surface area contributed by atoms with Gasteiger partial charge in [-0.2, -0.15) is 0 Å². The highest BCUT2D eigenvalue weighted by atomic mass is 32.2. The fourth-order valence-corrected chi connectivity index (χ4v) is 6.25. The number of ether oxygens (including phenoxy) is 1. The molecule has 9 heteroatoms. The highest BCUT2D eigenvalue weighted by molar-refractivity contribution is 8.16. The topological polar surface area (TPSA) is 113 Å². The van der Waals surface area contributed by atoms with Gasteiger partial charge in [0.15, 0.2) is 0 Å². The number of nitrogens with zero attached hydrogens (tertiary/aromatic N) is 2. The SMILES string of the molecule is CCCCCCCCCCCCCCCCCOc1cc([C@@H](CCC)NC(=O)[C@]2(C)CSC(/C(C)=N/O)=N2)oc(=O)c1. The number of carbonyl (C=O) groups is 1. The Morgan fingerprint density at radius 1 is 1.00 bits per heavy atom. The molecule has 0 aromatic carbocycles. The van der Waals surface area contributed by atoms with Gasteiger partial charge in [-0.3, -0.25) is 9.79 Å². The Morgan fingerprint density at radius 3 is 2.12 bits per heavy atom. The molecule has 0 bridgehead atoms.